The Balaban J connectivity index is 1.62. The van der Waals surface area contributed by atoms with E-state index < -0.39 is 0 Å². The third-order valence-electron chi connectivity index (χ3n) is 4.95. The second-order valence-electron chi connectivity index (χ2n) is 6.37. The highest BCUT2D eigenvalue weighted by molar-refractivity contribution is 7.12. The maximum absolute atomic E-state index is 10.0. The molecule has 0 amide bonds. The summed E-state index contributed by atoms with van der Waals surface area (Å²) < 4.78 is 5.40. The fourth-order valence-electron chi connectivity index (χ4n) is 3.63. The van der Waals surface area contributed by atoms with E-state index in [4.69, 9.17) is 4.74 Å². The van der Waals surface area contributed by atoms with Crippen molar-refractivity contribution in [3.05, 3.63) is 21.9 Å². The highest BCUT2D eigenvalue weighted by atomic mass is 32.1. The lowest BCUT2D eigenvalue weighted by Gasteiger charge is -2.28. The molecule has 0 bridgehead atoms. The number of aliphatic hydroxyl groups excluding tert-OH is 1. The quantitative estimate of drug-likeness (QED) is 0.905. The van der Waals surface area contributed by atoms with Gasteiger partial charge in [-0.2, -0.15) is 0 Å². The van der Waals surface area contributed by atoms with Crippen molar-refractivity contribution < 1.29 is 9.84 Å². The summed E-state index contributed by atoms with van der Waals surface area (Å²) in [7, 11) is 0. The predicted molar refractivity (Wildman–Crippen MR) is 86.8 cm³/mol. The molecule has 1 aliphatic heterocycles. The predicted octanol–water partition coefficient (Wildman–Crippen LogP) is 3.38. The summed E-state index contributed by atoms with van der Waals surface area (Å²) in [6, 6.07) is 4.79. The van der Waals surface area contributed by atoms with Crippen LogP contribution in [0.1, 0.15) is 54.7 Å². The van der Waals surface area contributed by atoms with Gasteiger partial charge in [0.2, 0.25) is 0 Å². The van der Waals surface area contributed by atoms with Gasteiger partial charge < -0.3 is 9.84 Å². The number of thiophene rings is 1. The molecule has 2 atom stereocenters. The first-order valence-electron chi connectivity index (χ1n) is 8.36. The summed E-state index contributed by atoms with van der Waals surface area (Å²) in [5.74, 6) is 0.799. The number of likely N-dealkylation sites (N-methyl/N-ethyl adjacent to an activating group) is 1. The van der Waals surface area contributed by atoms with Gasteiger partial charge in [-0.1, -0.05) is 26.2 Å². The Morgan fingerprint density at radius 2 is 2.05 bits per heavy atom. The number of aliphatic hydroxyl groups is 1. The topological polar surface area (TPSA) is 32.7 Å². The molecule has 1 aromatic rings. The van der Waals surface area contributed by atoms with E-state index in [-0.39, 0.29) is 12.1 Å². The second-order valence-corrected chi connectivity index (χ2v) is 7.57. The highest BCUT2D eigenvalue weighted by Crippen LogP contribution is 2.36. The first-order valence-corrected chi connectivity index (χ1v) is 9.18. The average molecular weight is 309 g/mol. The molecule has 118 valence electrons. The monoisotopic (exact) mass is 309 g/mol. The molecule has 0 spiro atoms. The van der Waals surface area contributed by atoms with Crippen molar-refractivity contribution in [3.8, 4) is 0 Å². The van der Waals surface area contributed by atoms with E-state index in [0.29, 0.717) is 13.2 Å². The molecule has 1 saturated carbocycles. The lowest BCUT2D eigenvalue weighted by Crippen LogP contribution is -2.42. The molecule has 1 aromatic heterocycles. The molecule has 1 aliphatic carbocycles. The van der Waals surface area contributed by atoms with Crippen LogP contribution in [0.15, 0.2) is 12.1 Å². The summed E-state index contributed by atoms with van der Waals surface area (Å²) in [6.45, 7) is 5.22. The van der Waals surface area contributed by atoms with Gasteiger partial charge in [0.15, 0.2) is 0 Å². The number of ether oxygens (including phenoxy) is 1. The number of rotatable bonds is 5. The van der Waals surface area contributed by atoms with Crippen molar-refractivity contribution in [1.29, 1.82) is 0 Å². The molecule has 4 heteroatoms. The van der Waals surface area contributed by atoms with Crippen molar-refractivity contribution in [2.45, 2.75) is 63.6 Å². The van der Waals surface area contributed by atoms with Crippen LogP contribution in [0.4, 0.5) is 0 Å². The minimum atomic E-state index is -0.331. The zero-order valence-electron chi connectivity index (χ0n) is 13.0. The SMILES string of the molecule is CCN(Cc1ccc(C2CCCCC2)s1)[C@H]1COC[C@@H]1O. The third kappa shape index (κ3) is 3.67. The second kappa shape index (κ2) is 7.23. The molecule has 2 heterocycles. The molecule has 0 aromatic carbocycles. The smallest absolute Gasteiger partial charge is 0.0950 e. The van der Waals surface area contributed by atoms with Gasteiger partial charge in [0.25, 0.3) is 0 Å². The summed E-state index contributed by atoms with van der Waals surface area (Å²) in [4.78, 5) is 5.36. The molecule has 1 N–H and O–H groups in total. The molecule has 21 heavy (non-hydrogen) atoms. The minimum absolute atomic E-state index is 0.162. The number of hydrogen-bond acceptors (Lipinski definition) is 4. The van der Waals surface area contributed by atoms with E-state index in [9.17, 15) is 5.11 Å². The Hall–Kier alpha value is -0.420. The van der Waals surface area contributed by atoms with Crippen LogP contribution in [0.5, 0.6) is 0 Å². The first-order chi connectivity index (χ1) is 10.3. The van der Waals surface area contributed by atoms with Crippen molar-refractivity contribution >= 4 is 11.3 Å². The number of hydrogen-bond donors (Lipinski definition) is 1. The van der Waals surface area contributed by atoms with Gasteiger partial charge in [-0.25, -0.2) is 0 Å². The summed E-state index contributed by atoms with van der Waals surface area (Å²) in [5.41, 5.74) is 0. The Morgan fingerprint density at radius 3 is 2.71 bits per heavy atom. The van der Waals surface area contributed by atoms with Gasteiger partial charge in [-0.3, -0.25) is 4.90 Å². The largest absolute Gasteiger partial charge is 0.389 e. The van der Waals surface area contributed by atoms with Gasteiger partial charge in [0.05, 0.1) is 25.4 Å². The molecule has 0 unspecified atom stereocenters. The molecule has 3 rings (SSSR count). The van der Waals surface area contributed by atoms with E-state index in [0.717, 1.165) is 19.0 Å². The van der Waals surface area contributed by atoms with Gasteiger partial charge in [0, 0.05) is 16.3 Å². The maximum atomic E-state index is 10.0. The van der Waals surface area contributed by atoms with Crippen molar-refractivity contribution in [2.75, 3.05) is 19.8 Å². The van der Waals surface area contributed by atoms with Gasteiger partial charge in [-0.05, 0) is 37.4 Å². The van der Waals surface area contributed by atoms with Gasteiger partial charge in [0.1, 0.15) is 0 Å². The molecular formula is C17H27NO2S. The van der Waals surface area contributed by atoms with Crippen LogP contribution >= 0.6 is 11.3 Å². The van der Waals surface area contributed by atoms with E-state index in [1.54, 1.807) is 4.88 Å². The number of nitrogens with zero attached hydrogens (tertiary/aromatic N) is 1. The Morgan fingerprint density at radius 1 is 1.24 bits per heavy atom. The summed E-state index contributed by atoms with van der Waals surface area (Å²) >= 11 is 1.98. The summed E-state index contributed by atoms with van der Waals surface area (Å²) in [6.07, 6.45) is 6.61. The fourth-order valence-corrected chi connectivity index (χ4v) is 4.84. The molecule has 0 radical (unpaired) electrons. The molecular weight excluding hydrogens is 282 g/mol. The van der Waals surface area contributed by atoms with Crippen LogP contribution in [0, 0.1) is 0 Å². The zero-order valence-corrected chi connectivity index (χ0v) is 13.8. The van der Waals surface area contributed by atoms with Gasteiger partial charge in [-0.15, -0.1) is 11.3 Å². The lowest BCUT2D eigenvalue weighted by atomic mass is 9.88. The van der Waals surface area contributed by atoms with Crippen LogP contribution in [0.3, 0.4) is 0 Å². The average Bonchev–Trinajstić information content (AvgIpc) is 3.15. The lowest BCUT2D eigenvalue weighted by molar-refractivity contribution is 0.0814. The van der Waals surface area contributed by atoms with Crippen molar-refractivity contribution in [1.82, 2.24) is 4.90 Å². The van der Waals surface area contributed by atoms with Gasteiger partial charge >= 0.3 is 0 Å². The van der Waals surface area contributed by atoms with Crippen LogP contribution in [-0.2, 0) is 11.3 Å². The van der Waals surface area contributed by atoms with Crippen LogP contribution in [0.25, 0.3) is 0 Å². The standard InChI is InChI=1S/C17H27NO2S/c1-2-18(15-11-20-12-16(15)19)10-14-8-9-17(21-14)13-6-4-3-5-7-13/h8-9,13,15-16,19H,2-7,10-12H2,1H3/t15-,16-/m0/s1. The van der Waals surface area contributed by atoms with Crippen LogP contribution in [0.2, 0.25) is 0 Å². The Labute approximate surface area is 131 Å². The Kier molecular flexibility index (Phi) is 5.33. The zero-order chi connectivity index (χ0) is 14.7. The third-order valence-corrected chi connectivity index (χ3v) is 6.18. The van der Waals surface area contributed by atoms with Crippen LogP contribution in [-0.4, -0.2) is 41.9 Å². The molecule has 2 fully saturated rings. The van der Waals surface area contributed by atoms with E-state index in [1.807, 2.05) is 11.3 Å². The van der Waals surface area contributed by atoms with Crippen molar-refractivity contribution in [3.63, 3.8) is 0 Å². The highest BCUT2D eigenvalue weighted by Gasteiger charge is 2.31. The first kappa shape index (κ1) is 15.5. The molecule has 3 nitrogen and oxygen atoms in total. The summed E-state index contributed by atoms with van der Waals surface area (Å²) in [5, 5.41) is 10.0. The van der Waals surface area contributed by atoms with E-state index in [1.165, 1.54) is 37.0 Å². The molecule has 1 saturated heterocycles. The Bertz CT molecular complexity index is 442. The van der Waals surface area contributed by atoms with E-state index in [2.05, 4.69) is 24.0 Å². The fraction of sp³-hybridized carbons (Fsp3) is 0.765. The normalized spacial score (nSPS) is 27.6. The minimum Gasteiger partial charge on any atom is -0.389 e. The van der Waals surface area contributed by atoms with E-state index >= 15 is 0 Å². The van der Waals surface area contributed by atoms with Crippen molar-refractivity contribution in [2.24, 2.45) is 0 Å². The van der Waals surface area contributed by atoms with Crippen LogP contribution < -0.4 is 0 Å². The molecule has 2 aliphatic rings. The maximum Gasteiger partial charge on any atom is 0.0950 e.